The van der Waals surface area contributed by atoms with Crippen molar-refractivity contribution < 1.29 is 81.7 Å². The largest absolute Gasteiger partial charge is 0.643 e. The number of hydrogen-bond acceptors (Lipinski definition) is 6. The molecule has 1 amide bonds. The summed E-state index contributed by atoms with van der Waals surface area (Å²) in [5.41, 5.74) is -2.01. The molecule has 2 saturated heterocycles. The maximum absolute atomic E-state index is 11.9. The molecular weight excluding hydrogens is 691 g/mol. The number of nitrogens with zero attached hydrogens (tertiary/aromatic N) is 1. The van der Waals surface area contributed by atoms with Gasteiger partial charge in [0.2, 0.25) is 0 Å². The average Bonchev–Trinajstić information content (AvgIpc) is 2.81. The molecule has 3 aliphatic rings. The van der Waals surface area contributed by atoms with Gasteiger partial charge in [-0.25, -0.2) is 0 Å². The van der Waals surface area contributed by atoms with E-state index in [4.69, 9.17) is 13.0 Å². The molecule has 0 aromatic carbocycles. The van der Waals surface area contributed by atoms with Crippen molar-refractivity contribution in [2.75, 3.05) is 6.61 Å². The Morgan fingerprint density at radius 2 is 1.38 bits per heavy atom. The smallest absolute Gasteiger partial charge is 0.335 e. The molecule has 0 aromatic rings. The van der Waals surface area contributed by atoms with Crippen LogP contribution in [0.3, 0.4) is 0 Å². The van der Waals surface area contributed by atoms with E-state index in [-0.39, 0.29) is 88.3 Å². The molecule has 7 nitrogen and oxygen atoms in total. The van der Waals surface area contributed by atoms with E-state index < -0.39 is 47.1 Å². The Kier molecular flexibility index (Phi) is 10.4. The molecule has 32 heavy (non-hydrogen) atoms. The first-order chi connectivity index (χ1) is 13.8. The van der Waals surface area contributed by atoms with Crippen molar-refractivity contribution >= 4 is 23.0 Å². The first-order valence-electron chi connectivity index (χ1n) is 11.1. The van der Waals surface area contributed by atoms with Crippen LogP contribution >= 0.6 is 0 Å². The summed E-state index contributed by atoms with van der Waals surface area (Å²) in [4.78, 5) is 11.9. The summed E-state index contributed by atoms with van der Waals surface area (Å²) >= 11 is 0. The second-order valence-electron chi connectivity index (χ2n) is 10.4. The zero-order valence-corrected chi connectivity index (χ0v) is 28.3. The third-order valence-corrected chi connectivity index (χ3v) is 17.3. The van der Waals surface area contributed by atoms with Gasteiger partial charge in [0.1, 0.15) is 11.7 Å². The number of carbonyl (C=O) groups is 1. The zero-order chi connectivity index (χ0) is 22.7. The van der Waals surface area contributed by atoms with Gasteiger partial charge in [0.05, 0.1) is 18.6 Å². The van der Waals surface area contributed by atoms with E-state index in [0.717, 1.165) is 0 Å². The van der Waals surface area contributed by atoms with Crippen LogP contribution in [0.1, 0.15) is 61.8 Å². The summed E-state index contributed by atoms with van der Waals surface area (Å²) in [5.74, 6) is -0.181. The molecule has 1 spiro atoms. The Hall–Kier alpha value is 1.24. The Balaban J connectivity index is 0.00000256. The SMILES string of the molecule is CC(C)[Si]1(C(C)C)O[C@@H]2[C@H](O[Si](C(C)C)(C(C)C)O1)[C@](O)(CO)C=C[C@]21CC(=O)[N-]1.[W].[Y]. The minimum absolute atomic E-state index is 0. The summed E-state index contributed by atoms with van der Waals surface area (Å²) in [6.45, 7) is 16.4. The third-order valence-electron chi connectivity index (χ3n) is 7.10. The van der Waals surface area contributed by atoms with Gasteiger partial charge in [0.15, 0.2) is 0 Å². The van der Waals surface area contributed by atoms with Crippen LogP contribution in [-0.4, -0.2) is 63.2 Å². The molecule has 2 N–H and O–H groups in total. The summed E-state index contributed by atoms with van der Waals surface area (Å²) in [6.07, 6.45) is 1.96. The van der Waals surface area contributed by atoms with E-state index in [1.807, 2.05) is 0 Å². The number of amides is 1. The van der Waals surface area contributed by atoms with E-state index in [0.29, 0.717) is 0 Å². The van der Waals surface area contributed by atoms with Crippen LogP contribution in [0.15, 0.2) is 12.2 Å². The number of aliphatic hydroxyl groups excluding tert-OH is 1. The zero-order valence-electron chi connectivity index (χ0n) is 20.5. The summed E-state index contributed by atoms with van der Waals surface area (Å²) in [5, 5.41) is 25.8. The molecule has 1 aliphatic carbocycles. The normalized spacial score (nSPS) is 35.1. The minimum Gasteiger partial charge on any atom is -0.643 e. The fraction of sp³-hybridized carbons (Fsp3) is 0.857. The van der Waals surface area contributed by atoms with E-state index in [9.17, 15) is 15.0 Å². The molecule has 4 atom stereocenters. The van der Waals surface area contributed by atoms with Gasteiger partial charge in [-0.15, -0.1) is 0 Å². The standard InChI is InChI=1S/C21H39NO6Si2.W.Y/c1-13(2)29(14(3)4)26-18-19(27-30(28-29,15(5)6)16(7)8)21(25,12-23)10-9-20(18)11-17(24)22-20;;/h9-10,13-16,18-19,23,25H,11-12H2,1-8H3,(H,22,24);;/p-1/t18-,19+,20+,21-;;/m1../s1. The maximum Gasteiger partial charge on any atom is 0.335 e. The Morgan fingerprint density at radius 3 is 1.72 bits per heavy atom. The fourth-order valence-corrected chi connectivity index (χ4v) is 16.6. The summed E-state index contributed by atoms with van der Waals surface area (Å²) in [7, 11) is -5.81. The number of aliphatic hydroxyl groups is 2. The molecular formula is C21H38NO6Si2WY-. The van der Waals surface area contributed by atoms with Crippen LogP contribution in [0.2, 0.25) is 22.2 Å². The minimum atomic E-state index is -2.93. The second kappa shape index (κ2) is 10.7. The fourth-order valence-electron chi connectivity index (χ4n) is 5.24. The van der Waals surface area contributed by atoms with Gasteiger partial charge in [-0.2, -0.15) is 0 Å². The predicted octanol–water partition coefficient (Wildman–Crippen LogP) is 3.64. The predicted molar refractivity (Wildman–Crippen MR) is 120 cm³/mol. The maximum atomic E-state index is 11.9. The van der Waals surface area contributed by atoms with Crippen molar-refractivity contribution in [3.8, 4) is 0 Å². The van der Waals surface area contributed by atoms with Gasteiger partial charge < -0.3 is 33.3 Å². The van der Waals surface area contributed by atoms with Gasteiger partial charge in [-0.3, -0.25) is 0 Å². The topological polar surface area (TPSA) is 99.3 Å². The van der Waals surface area contributed by atoms with Crippen LogP contribution in [0, 0.1) is 0 Å². The van der Waals surface area contributed by atoms with E-state index in [1.165, 1.54) is 0 Å². The van der Waals surface area contributed by atoms with Crippen LogP contribution in [0.5, 0.6) is 0 Å². The second-order valence-corrected chi connectivity index (χ2v) is 19.2. The Bertz CT molecular complexity index is 698. The number of hydrogen-bond donors (Lipinski definition) is 2. The molecule has 2 heterocycles. The van der Waals surface area contributed by atoms with Gasteiger partial charge in [0.25, 0.3) is 0 Å². The Labute approximate surface area is 234 Å². The number of β-lactam (4-membered cyclic amide) rings is 1. The van der Waals surface area contributed by atoms with Gasteiger partial charge in [0, 0.05) is 53.8 Å². The molecule has 0 bridgehead atoms. The van der Waals surface area contributed by atoms with E-state index in [1.54, 1.807) is 12.2 Å². The number of rotatable bonds is 5. The summed E-state index contributed by atoms with van der Waals surface area (Å²) < 4.78 is 20.9. The first-order valence-corrected chi connectivity index (χ1v) is 15.1. The van der Waals surface area contributed by atoms with E-state index >= 15 is 0 Å². The molecule has 2 aliphatic heterocycles. The average molecular weight is 729 g/mol. The molecule has 181 valence electrons. The number of carbonyl (C=O) groups excluding carboxylic acids is 1. The van der Waals surface area contributed by atoms with Crippen molar-refractivity contribution in [2.24, 2.45) is 0 Å². The Morgan fingerprint density at radius 1 is 0.969 bits per heavy atom. The molecule has 0 aromatic heterocycles. The first kappa shape index (κ1) is 31.3. The van der Waals surface area contributed by atoms with E-state index in [2.05, 4.69) is 60.7 Å². The molecule has 2 fully saturated rings. The van der Waals surface area contributed by atoms with Gasteiger partial charge >= 0.3 is 17.1 Å². The monoisotopic (exact) mass is 729 g/mol. The van der Waals surface area contributed by atoms with Crippen molar-refractivity contribution in [3.63, 3.8) is 0 Å². The molecule has 0 unspecified atom stereocenters. The quantitative estimate of drug-likeness (QED) is 0.255. The van der Waals surface area contributed by atoms with Gasteiger partial charge in [-0.05, 0) is 28.6 Å². The molecule has 11 heteroatoms. The molecule has 3 rings (SSSR count). The van der Waals surface area contributed by atoms with Crippen LogP contribution in [0.4, 0.5) is 0 Å². The third kappa shape index (κ3) is 4.79. The number of fused-ring (bicyclic) bond motifs is 2. The molecule has 0 saturated carbocycles. The van der Waals surface area contributed by atoms with Crippen LogP contribution in [-0.2, 0) is 71.5 Å². The molecule has 1 radical (unpaired) electrons. The van der Waals surface area contributed by atoms with Crippen LogP contribution < -0.4 is 0 Å². The summed E-state index contributed by atoms with van der Waals surface area (Å²) in [6, 6.07) is 0. The van der Waals surface area contributed by atoms with Crippen LogP contribution in [0.25, 0.3) is 5.32 Å². The van der Waals surface area contributed by atoms with Crippen molar-refractivity contribution in [1.29, 1.82) is 0 Å². The van der Waals surface area contributed by atoms with Crippen molar-refractivity contribution in [1.82, 2.24) is 0 Å². The van der Waals surface area contributed by atoms with Crippen molar-refractivity contribution in [3.05, 3.63) is 17.5 Å². The van der Waals surface area contributed by atoms with Gasteiger partial charge in [-0.1, -0.05) is 73.1 Å². The van der Waals surface area contributed by atoms with Crippen molar-refractivity contribution in [2.45, 2.75) is 107 Å².